The van der Waals surface area contributed by atoms with Crippen molar-refractivity contribution >= 4 is 5.69 Å². The maximum atomic E-state index is 9.60. The van der Waals surface area contributed by atoms with Crippen molar-refractivity contribution in [3.05, 3.63) is 29.8 Å². The van der Waals surface area contributed by atoms with E-state index in [1.54, 1.807) is 0 Å². The Bertz CT molecular complexity index is 392. The molecule has 100 valence electrons. The third kappa shape index (κ3) is 2.68. The molecule has 1 atom stereocenters. The number of likely N-dealkylation sites (N-methyl/N-ethyl adjacent to an activating group) is 1. The fourth-order valence-electron chi connectivity index (χ4n) is 2.72. The molecule has 3 nitrogen and oxygen atoms in total. The first kappa shape index (κ1) is 13.4. The van der Waals surface area contributed by atoms with E-state index in [9.17, 15) is 5.11 Å². The quantitative estimate of drug-likeness (QED) is 0.885. The number of piperazine rings is 1. The molecule has 1 unspecified atom stereocenters. The van der Waals surface area contributed by atoms with E-state index in [2.05, 4.69) is 55.0 Å². The largest absolute Gasteiger partial charge is 0.394 e. The first-order chi connectivity index (χ1) is 8.63. The Labute approximate surface area is 110 Å². The van der Waals surface area contributed by atoms with E-state index in [1.165, 1.54) is 11.3 Å². The van der Waals surface area contributed by atoms with E-state index < -0.39 is 0 Å². The Balaban J connectivity index is 2.29. The van der Waals surface area contributed by atoms with Crippen LogP contribution in [0, 0.1) is 0 Å². The van der Waals surface area contributed by atoms with E-state index in [0.29, 0.717) is 5.92 Å². The second-order valence-corrected chi connectivity index (χ2v) is 5.51. The van der Waals surface area contributed by atoms with Crippen molar-refractivity contribution in [2.75, 3.05) is 38.2 Å². The van der Waals surface area contributed by atoms with Gasteiger partial charge in [0.15, 0.2) is 0 Å². The lowest BCUT2D eigenvalue weighted by Crippen LogP contribution is -2.53. The lowest BCUT2D eigenvalue weighted by atomic mass is 9.99. The van der Waals surface area contributed by atoms with Crippen molar-refractivity contribution < 1.29 is 5.11 Å². The number of benzene rings is 1. The molecule has 0 spiro atoms. The van der Waals surface area contributed by atoms with Crippen LogP contribution in [0.25, 0.3) is 0 Å². The Kier molecular flexibility index (Phi) is 4.25. The fraction of sp³-hybridized carbons (Fsp3) is 0.600. The third-order valence-electron chi connectivity index (χ3n) is 3.76. The molecular weight excluding hydrogens is 224 g/mol. The smallest absolute Gasteiger partial charge is 0.0648 e. The van der Waals surface area contributed by atoms with Gasteiger partial charge in [0.2, 0.25) is 0 Å². The normalized spacial score (nSPS) is 21.6. The third-order valence-corrected chi connectivity index (χ3v) is 3.76. The van der Waals surface area contributed by atoms with Gasteiger partial charge >= 0.3 is 0 Å². The summed E-state index contributed by atoms with van der Waals surface area (Å²) >= 11 is 0. The molecule has 1 saturated heterocycles. The van der Waals surface area contributed by atoms with Crippen LogP contribution in [0.2, 0.25) is 0 Å². The zero-order valence-electron chi connectivity index (χ0n) is 11.6. The zero-order valence-corrected chi connectivity index (χ0v) is 11.6. The van der Waals surface area contributed by atoms with E-state index in [-0.39, 0.29) is 12.6 Å². The van der Waals surface area contributed by atoms with Crippen LogP contribution in [-0.4, -0.2) is 49.3 Å². The van der Waals surface area contributed by atoms with E-state index in [0.717, 1.165) is 19.6 Å². The molecule has 18 heavy (non-hydrogen) atoms. The SMILES string of the molecule is CC(C)c1ccccc1N1CCN(C)CC1CO. The van der Waals surface area contributed by atoms with Gasteiger partial charge < -0.3 is 14.9 Å². The van der Waals surface area contributed by atoms with Gasteiger partial charge in [-0.3, -0.25) is 0 Å². The van der Waals surface area contributed by atoms with Crippen LogP contribution in [0.4, 0.5) is 5.69 Å². The summed E-state index contributed by atoms with van der Waals surface area (Å²) in [6.45, 7) is 7.65. The molecule has 3 heteroatoms. The molecule has 1 aliphatic rings. The van der Waals surface area contributed by atoms with Crippen molar-refractivity contribution in [1.82, 2.24) is 4.90 Å². The number of rotatable bonds is 3. The van der Waals surface area contributed by atoms with E-state index in [1.807, 2.05) is 0 Å². The summed E-state index contributed by atoms with van der Waals surface area (Å²) in [5.74, 6) is 0.514. The number of anilines is 1. The lowest BCUT2D eigenvalue weighted by Gasteiger charge is -2.41. The van der Waals surface area contributed by atoms with Crippen LogP contribution in [0.5, 0.6) is 0 Å². The van der Waals surface area contributed by atoms with Crippen LogP contribution in [0.15, 0.2) is 24.3 Å². The molecule has 1 heterocycles. The molecular formula is C15H24N2O. The van der Waals surface area contributed by atoms with Gasteiger partial charge in [-0.25, -0.2) is 0 Å². The standard InChI is InChI=1S/C15H24N2O/c1-12(2)14-6-4-5-7-15(14)17-9-8-16(3)10-13(17)11-18/h4-7,12-13,18H,8-11H2,1-3H3. The van der Waals surface area contributed by atoms with Crippen molar-refractivity contribution in [3.8, 4) is 0 Å². The molecule has 1 aromatic carbocycles. The highest BCUT2D eigenvalue weighted by molar-refractivity contribution is 5.56. The number of hydrogen-bond acceptors (Lipinski definition) is 3. The highest BCUT2D eigenvalue weighted by Gasteiger charge is 2.26. The summed E-state index contributed by atoms with van der Waals surface area (Å²) in [6, 6.07) is 8.79. The van der Waals surface area contributed by atoms with Gasteiger partial charge in [-0.1, -0.05) is 32.0 Å². The Morgan fingerprint density at radius 2 is 2.00 bits per heavy atom. The van der Waals surface area contributed by atoms with Crippen LogP contribution < -0.4 is 4.90 Å². The second-order valence-electron chi connectivity index (χ2n) is 5.51. The van der Waals surface area contributed by atoms with Gasteiger partial charge in [-0.05, 0) is 24.6 Å². The number of aliphatic hydroxyl groups is 1. The molecule has 0 amide bonds. The molecule has 1 fully saturated rings. The van der Waals surface area contributed by atoms with Crippen LogP contribution in [-0.2, 0) is 0 Å². The Hall–Kier alpha value is -1.06. The highest BCUT2D eigenvalue weighted by atomic mass is 16.3. The first-order valence-corrected chi connectivity index (χ1v) is 6.78. The van der Waals surface area contributed by atoms with Gasteiger partial charge in [-0.15, -0.1) is 0 Å². The van der Waals surface area contributed by atoms with Crippen molar-refractivity contribution in [2.24, 2.45) is 0 Å². The average molecular weight is 248 g/mol. The van der Waals surface area contributed by atoms with Gasteiger partial charge in [0.25, 0.3) is 0 Å². The molecule has 1 aromatic rings. The number of para-hydroxylation sites is 1. The minimum absolute atomic E-state index is 0.212. The van der Waals surface area contributed by atoms with Gasteiger partial charge in [0, 0.05) is 25.3 Å². The summed E-state index contributed by atoms with van der Waals surface area (Å²) in [5, 5.41) is 9.60. The van der Waals surface area contributed by atoms with E-state index in [4.69, 9.17) is 0 Å². The van der Waals surface area contributed by atoms with Crippen molar-refractivity contribution in [2.45, 2.75) is 25.8 Å². The zero-order chi connectivity index (χ0) is 13.1. The molecule has 0 saturated carbocycles. The minimum atomic E-state index is 0.212. The highest BCUT2D eigenvalue weighted by Crippen LogP contribution is 2.29. The average Bonchev–Trinajstić information content (AvgIpc) is 2.38. The second kappa shape index (κ2) is 5.72. The maximum absolute atomic E-state index is 9.60. The minimum Gasteiger partial charge on any atom is -0.394 e. The van der Waals surface area contributed by atoms with Gasteiger partial charge in [0.1, 0.15) is 0 Å². The van der Waals surface area contributed by atoms with Crippen LogP contribution >= 0.6 is 0 Å². The summed E-state index contributed by atoms with van der Waals surface area (Å²) in [5.41, 5.74) is 2.67. The Morgan fingerprint density at radius 3 is 2.67 bits per heavy atom. The Morgan fingerprint density at radius 1 is 1.28 bits per heavy atom. The summed E-state index contributed by atoms with van der Waals surface area (Å²) in [6.07, 6.45) is 0. The topological polar surface area (TPSA) is 26.7 Å². The van der Waals surface area contributed by atoms with Crippen molar-refractivity contribution in [1.29, 1.82) is 0 Å². The van der Waals surface area contributed by atoms with Crippen molar-refractivity contribution in [3.63, 3.8) is 0 Å². The molecule has 0 aliphatic carbocycles. The predicted octanol–water partition coefficient (Wildman–Crippen LogP) is 1.92. The predicted molar refractivity (Wildman–Crippen MR) is 76.2 cm³/mol. The number of nitrogens with zero attached hydrogens (tertiary/aromatic N) is 2. The maximum Gasteiger partial charge on any atom is 0.0648 e. The first-order valence-electron chi connectivity index (χ1n) is 6.78. The number of aliphatic hydroxyl groups excluding tert-OH is 1. The summed E-state index contributed by atoms with van der Waals surface area (Å²) in [4.78, 5) is 4.66. The summed E-state index contributed by atoms with van der Waals surface area (Å²) < 4.78 is 0. The van der Waals surface area contributed by atoms with Gasteiger partial charge in [0.05, 0.1) is 12.6 Å². The summed E-state index contributed by atoms with van der Waals surface area (Å²) in [7, 11) is 2.12. The lowest BCUT2D eigenvalue weighted by molar-refractivity contribution is 0.191. The molecule has 0 aromatic heterocycles. The molecule has 2 rings (SSSR count). The fourth-order valence-corrected chi connectivity index (χ4v) is 2.72. The van der Waals surface area contributed by atoms with E-state index >= 15 is 0 Å². The van der Waals surface area contributed by atoms with Gasteiger partial charge in [-0.2, -0.15) is 0 Å². The molecule has 0 bridgehead atoms. The number of hydrogen-bond donors (Lipinski definition) is 1. The molecule has 1 aliphatic heterocycles. The molecule has 1 N–H and O–H groups in total. The van der Waals surface area contributed by atoms with Crippen LogP contribution in [0.1, 0.15) is 25.3 Å². The molecule has 0 radical (unpaired) electrons. The monoisotopic (exact) mass is 248 g/mol. The van der Waals surface area contributed by atoms with Crippen LogP contribution in [0.3, 0.4) is 0 Å².